The van der Waals surface area contributed by atoms with Crippen molar-refractivity contribution >= 4 is 0 Å². The van der Waals surface area contributed by atoms with Gasteiger partial charge < -0.3 is 5.32 Å². The fraction of sp³-hybridized carbons (Fsp3) is 0.833. The molecule has 0 amide bonds. The van der Waals surface area contributed by atoms with Crippen LogP contribution >= 0.6 is 0 Å². The zero-order valence-electron chi connectivity index (χ0n) is 10.5. The van der Waals surface area contributed by atoms with E-state index in [4.69, 9.17) is 0 Å². The average Bonchev–Trinajstić information content (AvgIpc) is 2.81. The summed E-state index contributed by atoms with van der Waals surface area (Å²) in [6.45, 7) is 7.55. The maximum absolute atomic E-state index is 3.93. The molecule has 0 aliphatic carbocycles. The van der Waals surface area contributed by atoms with Crippen LogP contribution < -0.4 is 5.32 Å². The second-order valence-electron chi connectivity index (χ2n) is 4.29. The van der Waals surface area contributed by atoms with Crippen molar-refractivity contribution in [2.24, 2.45) is 5.92 Å². The number of nitrogens with zero attached hydrogens (tertiary/aromatic N) is 3. The third kappa shape index (κ3) is 5.26. The number of nitrogens with one attached hydrogen (secondary N) is 1. The summed E-state index contributed by atoms with van der Waals surface area (Å²) in [7, 11) is 0. The molecule has 1 N–H and O–H groups in total. The Kier molecular flexibility index (Phi) is 6.81. The lowest BCUT2D eigenvalue weighted by Crippen LogP contribution is -2.26. The summed E-state index contributed by atoms with van der Waals surface area (Å²) >= 11 is 0. The molecule has 16 heavy (non-hydrogen) atoms. The maximum Gasteiger partial charge on any atom is 0.0692 e. The first-order valence-electron chi connectivity index (χ1n) is 6.41. The highest BCUT2D eigenvalue weighted by Crippen LogP contribution is 2.10. The summed E-state index contributed by atoms with van der Waals surface area (Å²) in [6, 6.07) is 0. The Morgan fingerprint density at radius 3 is 2.88 bits per heavy atom. The zero-order chi connectivity index (χ0) is 11.6. The van der Waals surface area contributed by atoms with Crippen LogP contribution in [0.4, 0.5) is 0 Å². The smallest absolute Gasteiger partial charge is 0.0692 e. The molecule has 0 aliphatic heterocycles. The van der Waals surface area contributed by atoms with E-state index in [9.17, 15) is 0 Å². The number of hydrogen-bond acceptors (Lipinski definition) is 3. The molecule has 1 rings (SSSR count). The topological polar surface area (TPSA) is 42.7 Å². The van der Waals surface area contributed by atoms with Gasteiger partial charge in [-0.1, -0.05) is 38.3 Å². The summed E-state index contributed by atoms with van der Waals surface area (Å²) in [4.78, 5) is 0. The molecule has 0 aliphatic rings. The Morgan fingerprint density at radius 2 is 2.25 bits per heavy atom. The molecule has 0 radical (unpaired) electrons. The van der Waals surface area contributed by atoms with Gasteiger partial charge in [0.05, 0.1) is 12.7 Å². The van der Waals surface area contributed by atoms with E-state index < -0.39 is 0 Å². The largest absolute Gasteiger partial charge is 0.315 e. The van der Waals surface area contributed by atoms with E-state index in [1.165, 1.54) is 25.7 Å². The van der Waals surface area contributed by atoms with Crippen LogP contribution in [0.25, 0.3) is 0 Å². The molecule has 1 unspecified atom stereocenters. The predicted octanol–water partition coefficient (Wildman–Crippen LogP) is 2.08. The van der Waals surface area contributed by atoms with Crippen LogP contribution in [0.2, 0.25) is 0 Å². The molecule has 0 spiro atoms. The van der Waals surface area contributed by atoms with Crippen LogP contribution in [-0.4, -0.2) is 28.1 Å². The molecule has 0 saturated carbocycles. The van der Waals surface area contributed by atoms with E-state index in [1.54, 1.807) is 6.20 Å². The summed E-state index contributed by atoms with van der Waals surface area (Å²) < 4.78 is 1.86. The van der Waals surface area contributed by atoms with Crippen molar-refractivity contribution in [3.8, 4) is 0 Å². The molecular formula is C12H24N4. The highest BCUT2D eigenvalue weighted by atomic mass is 15.4. The molecule has 1 heterocycles. The lowest BCUT2D eigenvalue weighted by atomic mass is 9.99. The normalized spacial score (nSPS) is 12.9. The molecule has 0 saturated heterocycles. The fourth-order valence-electron chi connectivity index (χ4n) is 1.80. The number of aromatic nitrogens is 3. The van der Waals surface area contributed by atoms with E-state index in [-0.39, 0.29) is 0 Å². The summed E-state index contributed by atoms with van der Waals surface area (Å²) in [5.41, 5.74) is 0. The molecule has 0 fully saturated rings. The van der Waals surface area contributed by atoms with Gasteiger partial charge in [0, 0.05) is 12.7 Å². The second kappa shape index (κ2) is 8.28. The van der Waals surface area contributed by atoms with Crippen LogP contribution in [0.1, 0.15) is 39.5 Å². The van der Waals surface area contributed by atoms with Crippen LogP contribution in [-0.2, 0) is 6.54 Å². The monoisotopic (exact) mass is 224 g/mol. The van der Waals surface area contributed by atoms with E-state index in [0.717, 1.165) is 25.6 Å². The number of hydrogen-bond donors (Lipinski definition) is 1. The Balaban J connectivity index is 2.04. The van der Waals surface area contributed by atoms with Crippen LogP contribution in [0.15, 0.2) is 12.4 Å². The summed E-state index contributed by atoms with van der Waals surface area (Å²) in [5, 5.41) is 11.2. The third-order valence-corrected chi connectivity index (χ3v) is 2.97. The van der Waals surface area contributed by atoms with Gasteiger partial charge in [0.25, 0.3) is 0 Å². The molecule has 4 heteroatoms. The van der Waals surface area contributed by atoms with Crippen molar-refractivity contribution < 1.29 is 0 Å². The summed E-state index contributed by atoms with van der Waals surface area (Å²) in [6.07, 6.45) is 8.89. The third-order valence-electron chi connectivity index (χ3n) is 2.97. The minimum absolute atomic E-state index is 0.829. The molecule has 92 valence electrons. The van der Waals surface area contributed by atoms with Gasteiger partial charge in [-0.15, -0.1) is 5.10 Å². The van der Waals surface area contributed by atoms with Gasteiger partial charge in [-0.3, -0.25) is 4.68 Å². The van der Waals surface area contributed by atoms with E-state index in [2.05, 4.69) is 29.5 Å². The first kappa shape index (κ1) is 13.2. The van der Waals surface area contributed by atoms with Crippen molar-refractivity contribution in [2.45, 2.75) is 46.1 Å². The van der Waals surface area contributed by atoms with Crippen molar-refractivity contribution in [3.05, 3.63) is 12.4 Å². The Labute approximate surface area is 98.4 Å². The maximum atomic E-state index is 3.93. The molecule has 0 bridgehead atoms. The van der Waals surface area contributed by atoms with Gasteiger partial charge in [0.1, 0.15) is 0 Å². The minimum atomic E-state index is 0.829. The Bertz CT molecular complexity index is 246. The highest BCUT2D eigenvalue weighted by Gasteiger charge is 2.04. The highest BCUT2D eigenvalue weighted by molar-refractivity contribution is 4.65. The molecule has 4 nitrogen and oxygen atoms in total. The van der Waals surface area contributed by atoms with Crippen LogP contribution in [0, 0.1) is 5.92 Å². The van der Waals surface area contributed by atoms with E-state index >= 15 is 0 Å². The van der Waals surface area contributed by atoms with Crippen molar-refractivity contribution in [3.63, 3.8) is 0 Å². The van der Waals surface area contributed by atoms with E-state index in [0.29, 0.717) is 0 Å². The van der Waals surface area contributed by atoms with Gasteiger partial charge in [0.2, 0.25) is 0 Å². The van der Waals surface area contributed by atoms with Crippen molar-refractivity contribution in [2.75, 3.05) is 13.1 Å². The lowest BCUT2D eigenvalue weighted by molar-refractivity contribution is 0.410. The fourth-order valence-corrected chi connectivity index (χ4v) is 1.80. The summed E-state index contributed by atoms with van der Waals surface area (Å²) in [5.74, 6) is 0.829. The molecule has 1 aromatic rings. The standard InChI is InChI=1S/C12H24N4/c1-3-5-6-12(4-2)11-13-7-9-16-10-8-14-15-16/h8,10,12-13H,3-7,9,11H2,1-2H3. The predicted molar refractivity (Wildman–Crippen MR) is 66.2 cm³/mol. The number of unbranched alkanes of at least 4 members (excludes halogenated alkanes) is 1. The van der Waals surface area contributed by atoms with Crippen molar-refractivity contribution in [1.82, 2.24) is 20.3 Å². The average molecular weight is 224 g/mol. The Hall–Kier alpha value is -0.900. The van der Waals surface area contributed by atoms with Gasteiger partial charge in [-0.2, -0.15) is 0 Å². The lowest BCUT2D eigenvalue weighted by Gasteiger charge is -2.15. The van der Waals surface area contributed by atoms with Gasteiger partial charge >= 0.3 is 0 Å². The van der Waals surface area contributed by atoms with Crippen LogP contribution in [0.3, 0.4) is 0 Å². The zero-order valence-corrected chi connectivity index (χ0v) is 10.5. The number of rotatable bonds is 9. The Morgan fingerprint density at radius 1 is 1.38 bits per heavy atom. The second-order valence-corrected chi connectivity index (χ2v) is 4.29. The van der Waals surface area contributed by atoms with Gasteiger partial charge in [-0.05, 0) is 18.9 Å². The minimum Gasteiger partial charge on any atom is -0.315 e. The van der Waals surface area contributed by atoms with Crippen LogP contribution in [0.5, 0.6) is 0 Å². The van der Waals surface area contributed by atoms with Crippen molar-refractivity contribution in [1.29, 1.82) is 0 Å². The first-order chi connectivity index (χ1) is 7.86. The van der Waals surface area contributed by atoms with Gasteiger partial charge in [-0.25, -0.2) is 0 Å². The molecule has 1 atom stereocenters. The molecular weight excluding hydrogens is 200 g/mol. The molecule has 0 aromatic carbocycles. The SMILES string of the molecule is CCCCC(CC)CNCCn1ccnn1. The van der Waals surface area contributed by atoms with Gasteiger partial charge in [0.15, 0.2) is 0 Å². The van der Waals surface area contributed by atoms with E-state index in [1.807, 2.05) is 10.9 Å². The quantitative estimate of drug-likeness (QED) is 0.653. The molecule has 1 aromatic heterocycles. The first-order valence-corrected chi connectivity index (χ1v) is 6.41.